The number of H-pyrrole nitrogens is 1. The van der Waals surface area contributed by atoms with Crippen molar-refractivity contribution in [1.82, 2.24) is 15.3 Å². The van der Waals surface area contributed by atoms with Crippen LogP contribution in [0.4, 0.5) is 0 Å². The molecule has 6 heteroatoms. The van der Waals surface area contributed by atoms with Gasteiger partial charge in [0.15, 0.2) is 0 Å². The lowest BCUT2D eigenvalue weighted by atomic mass is 10.1. The highest BCUT2D eigenvalue weighted by molar-refractivity contribution is 5.94. The van der Waals surface area contributed by atoms with Crippen molar-refractivity contribution < 1.29 is 14.3 Å². The highest BCUT2D eigenvalue weighted by Crippen LogP contribution is 2.17. The van der Waals surface area contributed by atoms with Crippen LogP contribution in [0.1, 0.15) is 33.5 Å². The van der Waals surface area contributed by atoms with E-state index in [-0.39, 0.29) is 23.9 Å². The first-order valence-electron chi connectivity index (χ1n) is 8.16. The van der Waals surface area contributed by atoms with Gasteiger partial charge >= 0.3 is 5.97 Å². The predicted molar refractivity (Wildman–Crippen MR) is 94.5 cm³/mol. The Labute approximate surface area is 145 Å². The van der Waals surface area contributed by atoms with E-state index in [1.54, 1.807) is 19.1 Å². The van der Waals surface area contributed by atoms with Gasteiger partial charge in [0, 0.05) is 23.6 Å². The summed E-state index contributed by atoms with van der Waals surface area (Å²) < 4.78 is 4.90. The number of aromatic amines is 1. The number of carbonyl (C=O) groups excluding carboxylic acids is 2. The van der Waals surface area contributed by atoms with Crippen molar-refractivity contribution in [1.29, 1.82) is 0 Å². The average Bonchev–Trinajstić information content (AvgIpc) is 3.05. The van der Waals surface area contributed by atoms with Crippen LogP contribution in [0.15, 0.2) is 48.7 Å². The number of aromatic nitrogens is 2. The van der Waals surface area contributed by atoms with Gasteiger partial charge < -0.3 is 15.0 Å². The van der Waals surface area contributed by atoms with E-state index >= 15 is 0 Å². The van der Waals surface area contributed by atoms with Crippen LogP contribution in [0.5, 0.6) is 0 Å². The summed E-state index contributed by atoms with van der Waals surface area (Å²) in [6, 6.07) is 12.8. The van der Waals surface area contributed by atoms with Crippen LogP contribution in [0.3, 0.4) is 0 Å². The molecule has 0 bridgehead atoms. The van der Waals surface area contributed by atoms with Crippen LogP contribution in [0, 0.1) is 0 Å². The zero-order valence-electron chi connectivity index (χ0n) is 13.9. The third-order valence-electron chi connectivity index (χ3n) is 3.82. The number of esters is 1. The van der Waals surface area contributed by atoms with Crippen LogP contribution in [-0.4, -0.2) is 35.0 Å². The molecule has 2 aromatic heterocycles. The molecule has 0 atom stereocenters. The minimum Gasteiger partial charge on any atom is -0.461 e. The fraction of sp³-hybridized carbons (Fsp3) is 0.211. The van der Waals surface area contributed by atoms with Gasteiger partial charge in [-0.05, 0) is 37.1 Å². The van der Waals surface area contributed by atoms with Crippen LogP contribution < -0.4 is 5.32 Å². The number of hydrogen-bond donors (Lipinski definition) is 2. The average molecular weight is 337 g/mol. The van der Waals surface area contributed by atoms with Gasteiger partial charge in [0.1, 0.15) is 11.4 Å². The van der Waals surface area contributed by atoms with E-state index in [0.717, 1.165) is 16.5 Å². The minimum atomic E-state index is -0.532. The molecular formula is C19H19N3O3. The Morgan fingerprint density at radius 2 is 1.92 bits per heavy atom. The Balaban J connectivity index is 1.61. The monoisotopic (exact) mass is 337 g/mol. The van der Waals surface area contributed by atoms with Crippen LogP contribution in [0.25, 0.3) is 10.9 Å². The van der Waals surface area contributed by atoms with Gasteiger partial charge in [-0.25, -0.2) is 9.78 Å². The molecule has 6 nitrogen and oxygen atoms in total. The van der Waals surface area contributed by atoms with E-state index in [4.69, 9.17) is 4.74 Å². The van der Waals surface area contributed by atoms with Gasteiger partial charge in [-0.2, -0.15) is 0 Å². The highest BCUT2D eigenvalue weighted by atomic mass is 16.5. The number of fused-ring (bicyclic) bond motifs is 1. The Hall–Kier alpha value is -3.15. The first kappa shape index (κ1) is 16.7. The molecule has 0 spiro atoms. The molecule has 0 aliphatic carbocycles. The molecule has 0 aliphatic rings. The maximum absolute atomic E-state index is 12.2. The molecule has 0 saturated heterocycles. The summed E-state index contributed by atoms with van der Waals surface area (Å²) >= 11 is 0. The number of hydrogen-bond acceptors (Lipinski definition) is 4. The number of ether oxygens (including phenoxy) is 1. The maximum atomic E-state index is 12.2. The Bertz CT molecular complexity index is 902. The number of nitrogens with zero attached hydrogens (tertiary/aromatic N) is 1. The number of nitrogens with one attached hydrogen (secondary N) is 2. The summed E-state index contributed by atoms with van der Waals surface area (Å²) in [6.07, 6.45) is 2.66. The van der Waals surface area contributed by atoms with Crippen molar-refractivity contribution in [2.24, 2.45) is 0 Å². The molecule has 0 saturated carbocycles. The summed E-state index contributed by atoms with van der Waals surface area (Å²) in [4.78, 5) is 31.2. The van der Waals surface area contributed by atoms with E-state index in [9.17, 15) is 9.59 Å². The zero-order chi connectivity index (χ0) is 17.6. The number of amides is 1. The Kier molecular flexibility index (Phi) is 5.09. The smallest absolute Gasteiger partial charge is 0.356 e. The van der Waals surface area contributed by atoms with E-state index in [1.165, 1.54) is 6.07 Å². The minimum absolute atomic E-state index is 0.131. The Morgan fingerprint density at radius 3 is 2.76 bits per heavy atom. The highest BCUT2D eigenvalue weighted by Gasteiger charge is 2.13. The molecule has 0 unspecified atom stereocenters. The molecule has 0 aliphatic heterocycles. The van der Waals surface area contributed by atoms with Crippen molar-refractivity contribution in [2.45, 2.75) is 13.3 Å². The van der Waals surface area contributed by atoms with E-state index < -0.39 is 5.97 Å². The molecule has 3 aromatic rings. The molecule has 2 heterocycles. The van der Waals surface area contributed by atoms with Crippen LogP contribution >= 0.6 is 0 Å². The second-order valence-corrected chi connectivity index (χ2v) is 5.49. The molecule has 1 aromatic carbocycles. The summed E-state index contributed by atoms with van der Waals surface area (Å²) in [5.41, 5.74) is 2.55. The van der Waals surface area contributed by atoms with E-state index in [1.807, 2.05) is 30.5 Å². The first-order chi connectivity index (χ1) is 12.2. The fourth-order valence-corrected chi connectivity index (χ4v) is 2.62. The second kappa shape index (κ2) is 7.61. The van der Waals surface area contributed by atoms with Gasteiger partial charge in [0.05, 0.1) is 6.61 Å². The van der Waals surface area contributed by atoms with E-state index in [2.05, 4.69) is 15.3 Å². The normalized spacial score (nSPS) is 10.6. The lowest BCUT2D eigenvalue weighted by Crippen LogP contribution is -2.27. The molecule has 1 amide bonds. The van der Waals surface area contributed by atoms with Gasteiger partial charge in [0.2, 0.25) is 0 Å². The zero-order valence-corrected chi connectivity index (χ0v) is 13.9. The molecule has 25 heavy (non-hydrogen) atoms. The number of pyridine rings is 1. The van der Waals surface area contributed by atoms with Crippen molar-refractivity contribution >= 4 is 22.8 Å². The standard InChI is InChI=1S/C19H19N3O3/c1-2-25-19(24)17-9-5-8-16(22-17)18(23)20-11-10-13-12-21-15-7-4-3-6-14(13)15/h3-9,12,21H,2,10-11H2,1H3,(H,20,23). The number of rotatable bonds is 6. The molecule has 128 valence electrons. The largest absolute Gasteiger partial charge is 0.461 e. The van der Waals surface area contributed by atoms with Gasteiger partial charge in [-0.15, -0.1) is 0 Å². The van der Waals surface area contributed by atoms with Crippen molar-refractivity contribution in [3.05, 3.63) is 65.6 Å². The molecule has 0 radical (unpaired) electrons. The number of para-hydroxylation sites is 1. The van der Waals surface area contributed by atoms with Gasteiger partial charge in [0.25, 0.3) is 5.91 Å². The van der Waals surface area contributed by atoms with Crippen molar-refractivity contribution in [2.75, 3.05) is 13.2 Å². The quantitative estimate of drug-likeness (QED) is 0.677. The lowest BCUT2D eigenvalue weighted by molar-refractivity contribution is 0.0519. The van der Waals surface area contributed by atoms with Gasteiger partial charge in [-0.1, -0.05) is 24.3 Å². The second-order valence-electron chi connectivity index (χ2n) is 5.49. The maximum Gasteiger partial charge on any atom is 0.356 e. The van der Waals surface area contributed by atoms with Crippen LogP contribution in [-0.2, 0) is 11.2 Å². The third-order valence-corrected chi connectivity index (χ3v) is 3.82. The summed E-state index contributed by atoms with van der Waals surface area (Å²) in [6.45, 7) is 2.47. The summed E-state index contributed by atoms with van der Waals surface area (Å²) in [7, 11) is 0. The predicted octanol–water partition coefficient (Wildman–Crippen LogP) is 2.71. The third kappa shape index (κ3) is 3.85. The Morgan fingerprint density at radius 1 is 1.12 bits per heavy atom. The molecule has 3 rings (SSSR count). The first-order valence-corrected chi connectivity index (χ1v) is 8.16. The van der Waals surface area contributed by atoms with Gasteiger partial charge in [-0.3, -0.25) is 4.79 Å². The van der Waals surface area contributed by atoms with E-state index in [0.29, 0.717) is 13.0 Å². The van der Waals surface area contributed by atoms with Crippen LogP contribution in [0.2, 0.25) is 0 Å². The summed E-state index contributed by atoms with van der Waals surface area (Å²) in [5, 5.41) is 3.98. The van der Waals surface area contributed by atoms with Crippen molar-refractivity contribution in [3.8, 4) is 0 Å². The number of carbonyl (C=O) groups is 2. The lowest BCUT2D eigenvalue weighted by Gasteiger charge is -2.06. The molecular weight excluding hydrogens is 318 g/mol. The SMILES string of the molecule is CCOC(=O)c1cccc(C(=O)NCCc2c[nH]c3ccccc23)n1. The topological polar surface area (TPSA) is 84.1 Å². The summed E-state index contributed by atoms with van der Waals surface area (Å²) in [5.74, 6) is -0.845. The number of benzene rings is 1. The molecule has 0 fully saturated rings. The fourth-order valence-electron chi connectivity index (χ4n) is 2.62. The van der Waals surface area contributed by atoms with Crippen molar-refractivity contribution in [3.63, 3.8) is 0 Å². The molecule has 2 N–H and O–H groups in total.